The first-order valence-corrected chi connectivity index (χ1v) is 10.5. The molecule has 4 rings (SSSR count). The topological polar surface area (TPSA) is 53.6 Å². The van der Waals surface area contributed by atoms with Crippen molar-refractivity contribution < 1.29 is 9.21 Å². The fraction of sp³-hybridized carbons (Fsp3) is 0.409. The lowest BCUT2D eigenvalue weighted by atomic mass is 10.2. The Balaban J connectivity index is 1.38. The van der Waals surface area contributed by atoms with Gasteiger partial charge >= 0.3 is 0 Å². The second kappa shape index (κ2) is 9.03. The van der Waals surface area contributed by atoms with E-state index < -0.39 is 0 Å². The number of likely N-dealkylation sites (N-methyl/N-ethyl adjacent to an activating group) is 1. The molecule has 0 aliphatic carbocycles. The minimum absolute atomic E-state index is 0.0660. The van der Waals surface area contributed by atoms with E-state index >= 15 is 0 Å². The maximum Gasteiger partial charge on any atom is 0.268 e. The van der Waals surface area contributed by atoms with E-state index in [1.54, 1.807) is 6.26 Å². The quantitative estimate of drug-likeness (QED) is 0.603. The first-order chi connectivity index (χ1) is 14.1. The van der Waals surface area contributed by atoms with Crippen LogP contribution in [0.5, 0.6) is 0 Å². The maximum absolute atomic E-state index is 12.9. The molecular formula is C22H27ClN4O2. The summed E-state index contributed by atoms with van der Waals surface area (Å²) in [6.45, 7) is 6.70. The molecule has 2 aromatic heterocycles. The summed E-state index contributed by atoms with van der Waals surface area (Å²) in [6.07, 6.45) is 2.60. The van der Waals surface area contributed by atoms with Crippen molar-refractivity contribution >= 4 is 28.6 Å². The highest BCUT2D eigenvalue weighted by Crippen LogP contribution is 2.23. The van der Waals surface area contributed by atoms with E-state index in [2.05, 4.69) is 22.2 Å². The molecule has 0 bridgehead atoms. The molecule has 3 aromatic rings. The molecule has 154 valence electrons. The van der Waals surface area contributed by atoms with Gasteiger partial charge in [-0.1, -0.05) is 23.7 Å². The third kappa shape index (κ3) is 4.83. The molecule has 0 atom stereocenters. The zero-order valence-electron chi connectivity index (χ0n) is 16.7. The van der Waals surface area contributed by atoms with E-state index in [4.69, 9.17) is 16.0 Å². The van der Waals surface area contributed by atoms with Gasteiger partial charge in [-0.2, -0.15) is 0 Å². The predicted molar refractivity (Wildman–Crippen MR) is 116 cm³/mol. The Morgan fingerprint density at radius 2 is 1.90 bits per heavy atom. The number of nitrogens with one attached hydrogen (secondary N) is 1. The number of hydrogen-bond donors (Lipinski definition) is 1. The molecule has 0 saturated carbocycles. The summed E-state index contributed by atoms with van der Waals surface area (Å²) >= 11 is 6.00. The number of carbonyl (C=O) groups excluding carboxylic acids is 1. The Bertz CT molecular complexity index is 955. The highest BCUT2D eigenvalue weighted by atomic mass is 35.5. The average molecular weight is 415 g/mol. The summed E-state index contributed by atoms with van der Waals surface area (Å²) in [5.74, 6) is -0.0660. The summed E-state index contributed by atoms with van der Waals surface area (Å²) in [5, 5.41) is 3.78. The van der Waals surface area contributed by atoms with Gasteiger partial charge in [-0.25, -0.2) is 0 Å². The van der Waals surface area contributed by atoms with Crippen molar-refractivity contribution in [1.82, 2.24) is 19.7 Å². The molecule has 1 saturated heterocycles. The van der Waals surface area contributed by atoms with Gasteiger partial charge < -0.3 is 24.1 Å². The number of carbonyl (C=O) groups is 1. The Morgan fingerprint density at radius 1 is 1.14 bits per heavy atom. The van der Waals surface area contributed by atoms with Crippen molar-refractivity contribution in [3.63, 3.8) is 0 Å². The van der Waals surface area contributed by atoms with Gasteiger partial charge in [0.15, 0.2) is 5.58 Å². The van der Waals surface area contributed by atoms with Gasteiger partial charge in [-0.3, -0.25) is 4.79 Å². The van der Waals surface area contributed by atoms with Crippen LogP contribution in [0.15, 0.2) is 47.1 Å². The Hall–Kier alpha value is -2.28. The number of piperazine rings is 1. The zero-order valence-corrected chi connectivity index (χ0v) is 17.5. The highest BCUT2D eigenvalue weighted by molar-refractivity contribution is 6.30. The number of rotatable bonds is 7. The molecule has 1 amide bonds. The Labute approximate surface area is 176 Å². The van der Waals surface area contributed by atoms with E-state index in [1.165, 1.54) is 0 Å². The summed E-state index contributed by atoms with van der Waals surface area (Å²) in [4.78, 5) is 17.7. The van der Waals surface area contributed by atoms with Crippen molar-refractivity contribution in [2.24, 2.45) is 0 Å². The molecule has 1 aliphatic heterocycles. The standard InChI is InChI=1S/C22H27ClN4O2/c1-25-10-12-26(13-11-25)9-2-8-24-22(28)20-15-21-19(7-14-29-21)27(20)16-17-3-5-18(23)6-4-17/h3-7,14-15H,2,8-13,16H2,1H3,(H,24,28). The molecule has 1 aromatic carbocycles. The van der Waals surface area contributed by atoms with Gasteiger partial charge in [0.05, 0.1) is 11.8 Å². The fourth-order valence-electron chi connectivity index (χ4n) is 3.77. The van der Waals surface area contributed by atoms with Gasteiger partial charge in [-0.15, -0.1) is 0 Å². The lowest BCUT2D eigenvalue weighted by Gasteiger charge is -2.32. The second-order valence-electron chi connectivity index (χ2n) is 7.67. The molecule has 1 aliphatic rings. The molecule has 0 spiro atoms. The summed E-state index contributed by atoms with van der Waals surface area (Å²) in [5.41, 5.74) is 3.34. The molecule has 0 radical (unpaired) electrons. The normalized spacial score (nSPS) is 15.8. The van der Waals surface area contributed by atoms with Crippen LogP contribution in [0, 0.1) is 0 Å². The smallest absolute Gasteiger partial charge is 0.268 e. The monoisotopic (exact) mass is 414 g/mol. The minimum Gasteiger partial charge on any atom is -0.463 e. The SMILES string of the molecule is CN1CCN(CCCNC(=O)c2cc3occc3n2Cc2ccc(Cl)cc2)CC1. The van der Waals surface area contributed by atoms with Crippen molar-refractivity contribution in [3.8, 4) is 0 Å². The molecule has 3 heterocycles. The van der Waals surface area contributed by atoms with Gasteiger partial charge in [-0.05, 0) is 37.7 Å². The predicted octanol–water partition coefficient (Wildman–Crippen LogP) is 3.30. The molecule has 0 unspecified atom stereocenters. The van der Waals surface area contributed by atoms with Crippen LogP contribution in [0.4, 0.5) is 0 Å². The van der Waals surface area contributed by atoms with Crippen LogP contribution >= 0.6 is 11.6 Å². The van der Waals surface area contributed by atoms with Gasteiger partial charge in [0.25, 0.3) is 5.91 Å². The number of halogens is 1. The lowest BCUT2D eigenvalue weighted by molar-refractivity contribution is 0.0941. The number of amides is 1. The lowest BCUT2D eigenvalue weighted by Crippen LogP contribution is -2.45. The van der Waals surface area contributed by atoms with Crippen molar-refractivity contribution in [2.45, 2.75) is 13.0 Å². The van der Waals surface area contributed by atoms with E-state index in [9.17, 15) is 4.79 Å². The number of furan rings is 1. The first-order valence-electron chi connectivity index (χ1n) is 10.1. The van der Waals surface area contributed by atoms with Crippen LogP contribution in [-0.4, -0.2) is 66.6 Å². The van der Waals surface area contributed by atoms with Crippen molar-refractivity contribution in [3.05, 3.63) is 58.9 Å². The average Bonchev–Trinajstić information content (AvgIpc) is 3.31. The molecule has 1 N–H and O–H groups in total. The Kier molecular flexibility index (Phi) is 6.23. The number of fused-ring (bicyclic) bond motifs is 1. The third-order valence-corrected chi connectivity index (χ3v) is 5.79. The van der Waals surface area contributed by atoms with E-state index in [0.717, 1.165) is 55.8 Å². The third-order valence-electron chi connectivity index (χ3n) is 5.54. The van der Waals surface area contributed by atoms with Crippen LogP contribution in [0.1, 0.15) is 22.5 Å². The van der Waals surface area contributed by atoms with E-state index in [1.807, 2.05) is 41.0 Å². The Morgan fingerprint density at radius 3 is 2.66 bits per heavy atom. The fourth-order valence-corrected chi connectivity index (χ4v) is 3.90. The zero-order chi connectivity index (χ0) is 20.2. The molecule has 7 heteroatoms. The first kappa shape index (κ1) is 20.0. The number of hydrogen-bond acceptors (Lipinski definition) is 4. The van der Waals surface area contributed by atoms with Gasteiger partial charge in [0.2, 0.25) is 0 Å². The second-order valence-corrected chi connectivity index (χ2v) is 8.10. The van der Waals surface area contributed by atoms with Gasteiger partial charge in [0.1, 0.15) is 5.69 Å². The maximum atomic E-state index is 12.9. The molecule has 29 heavy (non-hydrogen) atoms. The molecule has 1 fully saturated rings. The van der Waals surface area contributed by atoms with Crippen LogP contribution < -0.4 is 5.32 Å². The summed E-state index contributed by atoms with van der Waals surface area (Å²) in [7, 11) is 2.16. The van der Waals surface area contributed by atoms with Crippen LogP contribution in [-0.2, 0) is 6.54 Å². The van der Waals surface area contributed by atoms with Gasteiger partial charge in [0, 0.05) is 56.4 Å². The van der Waals surface area contributed by atoms with Crippen molar-refractivity contribution in [2.75, 3.05) is 46.3 Å². The van der Waals surface area contributed by atoms with Crippen LogP contribution in [0.25, 0.3) is 11.1 Å². The number of nitrogens with zero attached hydrogens (tertiary/aromatic N) is 3. The molecule has 6 nitrogen and oxygen atoms in total. The summed E-state index contributed by atoms with van der Waals surface area (Å²) < 4.78 is 7.53. The minimum atomic E-state index is -0.0660. The van der Waals surface area contributed by atoms with Crippen molar-refractivity contribution in [1.29, 1.82) is 0 Å². The molecular weight excluding hydrogens is 388 g/mol. The number of benzene rings is 1. The van der Waals surface area contributed by atoms with Crippen LogP contribution in [0.3, 0.4) is 0 Å². The van der Waals surface area contributed by atoms with E-state index in [0.29, 0.717) is 23.8 Å². The number of aromatic nitrogens is 1. The van der Waals surface area contributed by atoms with Crippen LogP contribution in [0.2, 0.25) is 5.02 Å². The summed E-state index contributed by atoms with van der Waals surface area (Å²) in [6, 6.07) is 11.4. The largest absolute Gasteiger partial charge is 0.463 e. The highest BCUT2D eigenvalue weighted by Gasteiger charge is 2.18. The van der Waals surface area contributed by atoms with E-state index in [-0.39, 0.29) is 5.91 Å².